The Bertz CT molecular complexity index is 629. The van der Waals surface area contributed by atoms with Crippen LogP contribution in [0, 0.1) is 0 Å². The third-order valence-corrected chi connectivity index (χ3v) is 6.04. The van der Waals surface area contributed by atoms with E-state index < -0.39 is 15.1 Å². The van der Waals surface area contributed by atoms with Crippen molar-refractivity contribution in [3.05, 3.63) is 41.7 Å². The normalized spacial score (nSPS) is 13.1. The maximum atomic E-state index is 12.5. The highest BCUT2D eigenvalue weighted by atomic mass is 32.2. The summed E-state index contributed by atoms with van der Waals surface area (Å²) in [5, 5.41) is 3.32. The van der Waals surface area contributed by atoms with Gasteiger partial charge in [-0.25, -0.2) is 8.42 Å². The molecule has 5 nitrogen and oxygen atoms in total. The van der Waals surface area contributed by atoms with Crippen LogP contribution in [0.25, 0.3) is 0 Å². The van der Waals surface area contributed by atoms with Gasteiger partial charge in [0.05, 0.1) is 6.26 Å². The molecule has 1 atom stereocenters. The summed E-state index contributed by atoms with van der Waals surface area (Å²) in [5.41, 5.74) is 0. The predicted octanol–water partition coefficient (Wildman–Crippen LogP) is 1.99. The zero-order valence-electron chi connectivity index (χ0n) is 10.2. The minimum Gasteiger partial charge on any atom is -0.468 e. The maximum absolute atomic E-state index is 12.5. The fraction of sp³-hybridized carbons (Fsp3) is 0.250. The molecule has 0 aliphatic rings. The molecule has 19 heavy (non-hydrogen) atoms. The van der Waals surface area contributed by atoms with Crippen LogP contribution in [0.15, 0.2) is 44.5 Å². The predicted molar refractivity (Wildman–Crippen MR) is 71.6 cm³/mol. The van der Waals surface area contributed by atoms with Crippen LogP contribution in [-0.4, -0.2) is 20.9 Å². The van der Waals surface area contributed by atoms with E-state index in [0.717, 1.165) is 11.3 Å². The lowest BCUT2D eigenvalue weighted by Gasteiger charge is -2.14. The van der Waals surface area contributed by atoms with Gasteiger partial charge in [-0.15, -0.1) is 11.3 Å². The van der Waals surface area contributed by atoms with Crippen LogP contribution in [0.1, 0.15) is 17.9 Å². The van der Waals surface area contributed by atoms with Gasteiger partial charge in [0, 0.05) is 13.5 Å². The molecule has 0 aromatic carbocycles. The van der Waals surface area contributed by atoms with Crippen molar-refractivity contribution in [3.63, 3.8) is 0 Å². The molecular formula is C12H13NO4S2. The number of amides is 1. The number of carbonyl (C=O) groups excluding carboxylic acids is 1. The highest BCUT2D eigenvalue weighted by Gasteiger charge is 2.32. The molecule has 0 fully saturated rings. The summed E-state index contributed by atoms with van der Waals surface area (Å²) in [5.74, 6) is 0.0417. The molecular weight excluding hydrogens is 286 g/mol. The maximum Gasteiger partial charge on any atom is 0.216 e. The Labute approximate surface area is 115 Å². The van der Waals surface area contributed by atoms with Crippen LogP contribution >= 0.6 is 11.3 Å². The summed E-state index contributed by atoms with van der Waals surface area (Å²) in [4.78, 5) is 11.0. The molecule has 1 amide bonds. The van der Waals surface area contributed by atoms with Gasteiger partial charge >= 0.3 is 0 Å². The third kappa shape index (κ3) is 3.05. The van der Waals surface area contributed by atoms with E-state index in [1.807, 2.05) is 0 Å². The van der Waals surface area contributed by atoms with Gasteiger partial charge in [-0.2, -0.15) is 0 Å². The highest BCUT2D eigenvalue weighted by Crippen LogP contribution is 2.31. The third-order valence-electron chi connectivity index (χ3n) is 2.55. The Morgan fingerprint density at radius 1 is 1.42 bits per heavy atom. The minimum absolute atomic E-state index is 0.0108. The summed E-state index contributed by atoms with van der Waals surface area (Å²) in [6, 6.07) is 6.44. The molecule has 0 aliphatic heterocycles. The second kappa shape index (κ2) is 5.58. The average molecular weight is 299 g/mol. The second-order valence-corrected chi connectivity index (χ2v) is 7.22. The first-order valence-electron chi connectivity index (χ1n) is 5.57. The first-order valence-corrected chi connectivity index (χ1v) is 7.99. The fourth-order valence-corrected chi connectivity index (χ4v) is 4.43. The van der Waals surface area contributed by atoms with E-state index in [4.69, 9.17) is 4.42 Å². The number of furan rings is 1. The molecule has 7 heteroatoms. The molecule has 2 aromatic heterocycles. The van der Waals surface area contributed by atoms with E-state index in [1.54, 1.807) is 29.6 Å². The Morgan fingerprint density at radius 2 is 2.21 bits per heavy atom. The molecule has 1 N–H and O–H groups in total. The first-order chi connectivity index (χ1) is 9.01. The van der Waals surface area contributed by atoms with Gasteiger partial charge in [-0.1, -0.05) is 6.07 Å². The number of hydrogen-bond acceptors (Lipinski definition) is 5. The van der Waals surface area contributed by atoms with Gasteiger partial charge in [0.2, 0.25) is 5.91 Å². The lowest BCUT2D eigenvalue weighted by Crippen LogP contribution is -2.29. The van der Waals surface area contributed by atoms with Gasteiger partial charge in [-0.3, -0.25) is 4.79 Å². The minimum atomic E-state index is -3.57. The second-order valence-electron chi connectivity index (χ2n) is 3.92. The van der Waals surface area contributed by atoms with Gasteiger partial charge < -0.3 is 9.73 Å². The Balaban J connectivity index is 2.35. The molecule has 0 spiro atoms. The summed E-state index contributed by atoms with van der Waals surface area (Å²) < 4.78 is 30.5. The molecule has 0 bridgehead atoms. The summed E-state index contributed by atoms with van der Waals surface area (Å²) in [7, 11) is -3.57. The van der Waals surface area contributed by atoms with E-state index in [1.165, 1.54) is 13.2 Å². The Hall–Kier alpha value is -1.60. The largest absolute Gasteiger partial charge is 0.468 e. The highest BCUT2D eigenvalue weighted by molar-refractivity contribution is 7.93. The monoisotopic (exact) mass is 299 g/mol. The quantitative estimate of drug-likeness (QED) is 0.916. The van der Waals surface area contributed by atoms with Crippen LogP contribution in [-0.2, 0) is 14.6 Å². The van der Waals surface area contributed by atoms with Crippen molar-refractivity contribution in [2.24, 2.45) is 0 Å². The molecule has 102 valence electrons. The van der Waals surface area contributed by atoms with Crippen molar-refractivity contribution in [2.75, 3.05) is 6.54 Å². The summed E-state index contributed by atoms with van der Waals surface area (Å²) >= 11 is 1.15. The van der Waals surface area contributed by atoms with Crippen LogP contribution in [0.5, 0.6) is 0 Å². The SMILES string of the molecule is CC(=O)NCC(c1ccco1)S(=O)(=O)c1cccs1. The van der Waals surface area contributed by atoms with Crippen LogP contribution in [0.2, 0.25) is 0 Å². The van der Waals surface area contributed by atoms with Crippen molar-refractivity contribution in [1.82, 2.24) is 5.32 Å². The van der Waals surface area contributed by atoms with E-state index >= 15 is 0 Å². The van der Waals surface area contributed by atoms with Gasteiger partial charge in [0.1, 0.15) is 15.2 Å². The van der Waals surface area contributed by atoms with E-state index in [-0.39, 0.29) is 16.7 Å². The molecule has 2 heterocycles. The van der Waals surface area contributed by atoms with Crippen LogP contribution < -0.4 is 5.32 Å². The van der Waals surface area contributed by atoms with Crippen molar-refractivity contribution >= 4 is 27.1 Å². The smallest absolute Gasteiger partial charge is 0.216 e. The topological polar surface area (TPSA) is 76.4 Å². The van der Waals surface area contributed by atoms with E-state index in [2.05, 4.69) is 5.32 Å². The van der Waals surface area contributed by atoms with Gasteiger partial charge in [-0.05, 0) is 23.6 Å². The summed E-state index contributed by atoms with van der Waals surface area (Å²) in [6.07, 6.45) is 1.42. The lowest BCUT2D eigenvalue weighted by molar-refractivity contribution is -0.118. The molecule has 0 aliphatic carbocycles. The van der Waals surface area contributed by atoms with Gasteiger partial charge in [0.15, 0.2) is 9.84 Å². The molecule has 2 aromatic rings. The zero-order valence-corrected chi connectivity index (χ0v) is 11.8. The number of thiophene rings is 1. The van der Waals surface area contributed by atoms with Gasteiger partial charge in [0.25, 0.3) is 0 Å². The molecule has 1 unspecified atom stereocenters. The average Bonchev–Trinajstić information content (AvgIpc) is 3.02. The fourth-order valence-electron chi connectivity index (χ4n) is 1.64. The van der Waals surface area contributed by atoms with E-state index in [9.17, 15) is 13.2 Å². The first kappa shape index (κ1) is 13.8. The van der Waals surface area contributed by atoms with Crippen molar-refractivity contribution in [2.45, 2.75) is 16.4 Å². The van der Waals surface area contributed by atoms with Crippen molar-refractivity contribution in [1.29, 1.82) is 0 Å². The lowest BCUT2D eigenvalue weighted by atomic mass is 10.3. The molecule has 0 saturated carbocycles. The van der Waals surface area contributed by atoms with Crippen LogP contribution in [0.3, 0.4) is 0 Å². The summed E-state index contributed by atoms with van der Waals surface area (Å²) in [6.45, 7) is 1.33. The number of hydrogen-bond donors (Lipinski definition) is 1. The van der Waals surface area contributed by atoms with Crippen molar-refractivity contribution < 1.29 is 17.6 Å². The standard InChI is InChI=1S/C12H13NO4S2/c1-9(14)13-8-11(10-4-2-6-17-10)19(15,16)12-5-3-7-18-12/h2-7,11H,8H2,1H3,(H,13,14). The number of rotatable bonds is 5. The molecule has 0 radical (unpaired) electrons. The van der Waals surface area contributed by atoms with E-state index in [0.29, 0.717) is 5.76 Å². The van der Waals surface area contributed by atoms with Crippen LogP contribution in [0.4, 0.5) is 0 Å². The molecule has 0 saturated heterocycles. The zero-order chi connectivity index (χ0) is 13.9. The number of nitrogens with one attached hydrogen (secondary N) is 1. The number of sulfone groups is 1. The van der Waals surface area contributed by atoms with Crippen molar-refractivity contribution in [3.8, 4) is 0 Å². The number of carbonyl (C=O) groups is 1. The Kier molecular flexibility index (Phi) is 4.06. The Morgan fingerprint density at radius 3 is 2.74 bits per heavy atom. The molecule has 2 rings (SSSR count).